The van der Waals surface area contributed by atoms with Crippen LogP contribution in [0.5, 0.6) is 0 Å². The Morgan fingerprint density at radius 2 is 1.28 bits per heavy atom. The topological polar surface area (TPSA) is 112 Å². The predicted octanol–water partition coefficient (Wildman–Crippen LogP) is 0.650. The molecule has 29 heavy (non-hydrogen) atoms. The molecule has 2 unspecified atom stereocenters. The van der Waals surface area contributed by atoms with Crippen molar-refractivity contribution in [1.29, 1.82) is 10.5 Å². The quantitative estimate of drug-likeness (QED) is 0.679. The van der Waals surface area contributed by atoms with Gasteiger partial charge < -0.3 is 20.4 Å². The smallest absolute Gasteiger partial charge is 0.237 e. The first-order valence-corrected chi connectivity index (χ1v) is 10.9. The lowest BCUT2D eigenvalue weighted by atomic mass is 9.54. The molecule has 0 aromatic carbocycles. The van der Waals surface area contributed by atoms with Gasteiger partial charge in [-0.3, -0.25) is 9.59 Å². The number of nitrogens with one attached hydrogen (secondary N) is 2. The Hall–Kier alpha value is -2.16. The summed E-state index contributed by atoms with van der Waals surface area (Å²) < 4.78 is 0. The van der Waals surface area contributed by atoms with Crippen LogP contribution >= 0.6 is 0 Å². The minimum atomic E-state index is -0.274. The van der Waals surface area contributed by atoms with Crippen molar-refractivity contribution in [3.63, 3.8) is 0 Å². The van der Waals surface area contributed by atoms with Gasteiger partial charge in [0.25, 0.3) is 0 Å². The van der Waals surface area contributed by atoms with E-state index in [4.69, 9.17) is 0 Å². The van der Waals surface area contributed by atoms with E-state index in [1.807, 2.05) is 0 Å². The van der Waals surface area contributed by atoms with Gasteiger partial charge in [0.1, 0.15) is 12.1 Å². The molecule has 8 nitrogen and oxygen atoms in total. The second-order valence-corrected chi connectivity index (χ2v) is 9.22. The highest BCUT2D eigenvalue weighted by molar-refractivity contribution is 5.80. The molecule has 8 heteroatoms. The van der Waals surface area contributed by atoms with Crippen LogP contribution < -0.4 is 10.6 Å². The van der Waals surface area contributed by atoms with E-state index in [0.717, 1.165) is 57.8 Å². The molecular formula is C21H30N6O2. The zero-order valence-electron chi connectivity index (χ0n) is 17.0. The highest BCUT2D eigenvalue weighted by atomic mass is 16.2. The summed E-state index contributed by atoms with van der Waals surface area (Å²) in [6.45, 7) is 1.93. The first-order chi connectivity index (χ1) is 14.0. The number of hydrogen-bond acceptors (Lipinski definition) is 6. The Labute approximate surface area is 172 Å². The van der Waals surface area contributed by atoms with Gasteiger partial charge in [-0.15, -0.1) is 0 Å². The summed E-state index contributed by atoms with van der Waals surface area (Å²) in [5.74, 6) is 0.0393. The fourth-order valence-electron chi connectivity index (χ4n) is 5.92. The Morgan fingerprint density at radius 1 is 0.828 bits per heavy atom. The molecule has 5 fully saturated rings. The maximum Gasteiger partial charge on any atom is 0.237 e. The number of fused-ring (bicyclic) bond motifs is 2. The van der Waals surface area contributed by atoms with Gasteiger partial charge in [0, 0.05) is 24.2 Å². The highest BCUT2D eigenvalue weighted by Crippen LogP contribution is 2.51. The number of carbonyl (C=O) groups is 2. The molecule has 5 rings (SSSR count). The molecule has 0 aromatic heterocycles. The fourth-order valence-corrected chi connectivity index (χ4v) is 5.92. The first-order valence-electron chi connectivity index (χ1n) is 10.9. The lowest BCUT2D eigenvalue weighted by Crippen LogP contribution is -2.73. The van der Waals surface area contributed by atoms with Crippen molar-refractivity contribution in [3.8, 4) is 12.1 Å². The molecular weight excluding hydrogens is 368 g/mol. The van der Waals surface area contributed by atoms with Crippen LogP contribution in [0.25, 0.3) is 0 Å². The Bertz CT molecular complexity index is 687. The maximum absolute atomic E-state index is 12.5. The second-order valence-electron chi connectivity index (χ2n) is 9.22. The van der Waals surface area contributed by atoms with E-state index in [1.54, 1.807) is 9.80 Å². The van der Waals surface area contributed by atoms with Crippen molar-refractivity contribution < 1.29 is 9.59 Å². The van der Waals surface area contributed by atoms with Gasteiger partial charge in [0.05, 0.1) is 25.2 Å². The molecule has 3 saturated carbocycles. The maximum atomic E-state index is 12.5. The minimum Gasteiger partial charge on any atom is -0.326 e. The second kappa shape index (κ2) is 7.93. The van der Waals surface area contributed by atoms with E-state index >= 15 is 0 Å². The van der Waals surface area contributed by atoms with Crippen molar-refractivity contribution in [2.24, 2.45) is 0 Å². The Morgan fingerprint density at radius 3 is 1.69 bits per heavy atom. The predicted molar refractivity (Wildman–Crippen MR) is 105 cm³/mol. The molecule has 0 aromatic rings. The number of rotatable bonds is 6. The lowest BCUT2D eigenvalue weighted by Gasteiger charge is -2.61. The largest absolute Gasteiger partial charge is 0.326 e. The molecule has 0 radical (unpaired) electrons. The van der Waals surface area contributed by atoms with Crippen LogP contribution in [-0.4, -0.2) is 71.0 Å². The molecule has 156 valence electrons. The molecule has 2 saturated heterocycles. The Kier molecular flexibility index (Phi) is 5.50. The first kappa shape index (κ1) is 20.1. The van der Waals surface area contributed by atoms with Crippen LogP contribution in [0.1, 0.15) is 57.8 Å². The summed E-state index contributed by atoms with van der Waals surface area (Å²) in [6.07, 6.45) is 8.35. The molecule has 2 atom stereocenters. The molecule has 2 aliphatic heterocycles. The molecule has 2 N–H and O–H groups in total. The number of hydrogen-bond donors (Lipinski definition) is 2. The van der Waals surface area contributed by atoms with E-state index in [1.165, 1.54) is 0 Å². The van der Waals surface area contributed by atoms with Crippen LogP contribution in [-0.2, 0) is 9.59 Å². The van der Waals surface area contributed by atoms with Gasteiger partial charge in [-0.25, -0.2) is 0 Å². The lowest BCUT2D eigenvalue weighted by molar-refractivity contribution is -0.132. The van der Waals surface area contributed by atoms with Crippen molar-refractivity contribution in [2.45, 2.75) is 80.9 Å². The van der Waals surface area contributed by atoms with Crippen molar-refractivity contribution in [3.05, 3.63) is 0 Å². The third-order valence-corrected chi connectivity index (χ3v) is 7.34. The van der Waals surface area contributed by atoms with Gasteiger partial charge in [-0.2, -0.15) is 10.5 Å². The summed E-state index contributed by atoms with van der Waals surface area (Å²) in [7, 11) is 0. The molecule has 2 bridgehead atoms. The zero-order chi connectivity index (χ0) is 20.5. The van der Waals surface area contributed by atoms with Crippen molar-refractivity contribution in [2.75, 3.05) is 26.2 Å². The summed E-state index contributed by atoms with van der Waals surface area (Å²) in [5.41, 5.74) is -0.0662. The van der Waals surface area contributed by atoms with E-state index < -0.39 is 0 Å². The van der Waals surface area contributed by atoms with Crippen LogP contribution in [0.4, 0.5) is 0 Å². The molecule has 0 spiro atoms. The number of carbonyl (C=O) groups excluding carboxylic acids is 2. The van der Waals surface area contributed by atoms with E-state index in [0.29, 0.717) is 13.1 Å². The summed E-state index contributed by atoms with van der Waals surface area (Å²) in [5, 5.41) is 25.4. The number of amides is 2. The van der Waals surface area contributed by atoms with Crippen molar-refractivity contribution >= 4 is 11.8 Å². The van der Waals surface area contributed by atoms with Crippen LogP contribution in [0.15, 0.2) is 0 Å². The van der Waals surface area contributed by atoms with Gasteiger partial charge in [0.15, 0.2) is 0 Å². The monoisotopic (exact) mass is 398 g/mol. The summed E-state index contributed by atoms with van der Waals surface area (Å²) in [4.78, 5) is 28.5. The highest BCUT2D eigenvalue weighted by Gasteiger charge is 2.57. The van der Waals surface area contributed by atoms with Crippen molar-refractivity contribution in [1.82, 2.24) is 20.4 Å². The van der Waals surface area contributed by atoms with E-state index in [2.05, 4.69) is 22.8 Å². The zero-order valence-corrected chi connectivity index (χ0v) is 17.0. The molecule has 5 aliphatic rings. The summed E-state index contributed by atoms with van der Waals surface area (Å²) in [6, 6.07) is 3.91. The van der Waals surface area contributed by atoms with Gasteiger partial charge >= 0.3 is 0 Å². The number of nitrogens with zero attached hydrogens (tertiary/aromatic N) is 4. The van der Waals surface area contributed by atoms with Gasteiger partial charge in [-0.1, -0.05) is 0 Å². The average molecular weight is 399 g/mol. The third-order valence-electron chi connectivity index (χ3n) is 7.34. The normalized spacial score (nSPS) is 35.7. The minimum absolute atomic E-state index is 0.0196. The van der Waals surface area contributed by atoms with Crippen LogP contribution in [0.2, 0.25) is 0 Å². The standard InChI is InChI=1S/C21H30N6O2/c22-10-16-4-1-8-26(16)18(28)12-24-20-6-3-7-21(14-20,15-20)25-13-19(29)27-9-2-5-17(27)11-23/h16-17,24-25H,1-9,12-15H2. The number of nitriles is 2. The Balaban J connectivity index is 1.26. The van der Waals surface area contributed by atoms with E-state index in [9.17, 15) is 20.1 Å². The van der Waals surface area contributed by atoms with Crippen LogP contribution in [0.3, 0.4) is 0 Å². The van der Waals surface area contributed by atoms with Crippen LogP contribution in [0, 0.1) is 22.7 Å². The molecule has 3 aliphatic carbocycles. The molecule has 2 heterocycles. The molecule has 2 amide bonds. The fraction of sp³-hybridized carbons (Fsp3) is 0.810. The summed E-state index contributed by atoms with van der Waals surface area (Å²) >= 11 is 0. The third kappa shape index (κ3) is 3.84. The van der Waals surface area contributed by atoms with Gasteiger partial charge in [0.2, 0.25) is 11.8 Å². The van der Waals surface area contributed by atoms with E-state index in [-0.39, 0.29) is 48.1 Å². The number of likely N-dealkylation sites (tertiary alicyclic amines) is 2. The SMILES string of the molecule is N#CC1CCCN1C(=O)CNC12CCCC(NCC(=O)N3CCCC3C#N)(C1)C2. The average Bonchev–Trinajstić information content (AvgIpc) is 3.39. The van der Waals surface area contributed by atoms with Gasteiger partial charge in [-0.05, 0) is 57.8 Å².